The molecule has 1 aromatic heterocycles. The van der Waals surface area contributed by atoms with Crippen LogP contribution in [-0.2, 0) is 6.42 Å². The average Bonchev–Trinajstić information content (AvgIpc) is 3.09. The third-order valence-electron chi connectivity index (χ3n) is 4.75. The molecule has 1 fully saturated rings. The van der Waals surface area contributed by atoms with E-state index in [0.717, 1.165) is 50.3 Å². The van der Waals surface area contributed by atoms with Crippen molar-refractivity contribution in [2.24, 2.45) is 10.9 Å². The van der Waals surface area contributed by atoms with Crippen molar-refractivity contribution in [3.05, 3.63) is 11.7 Å². The summed E-state index contributed by atoms with van der Waals surface area (Å²) in [5.74, 6) is 3.50. The van der Waals surface area contributed by atoms with E-state index in [0.29, 0.717) is 18.2 Å². The molecule has 0 aliphatic carbocycles. The van der Waals surface area contributed by atoms with E-state index in [4.69, 9.17) is 4.52 Å². The monoisotopic (exact) mass is 492 g/mol. The van der Waals surface area contributed by atoms with Crippen LogP contribution in [0.15, 0.2) is 9.52 Å². The maximum Gasteiger partial charge on any atom is 0.228 e. The lowest BCUT2D eigenvalue weighted by molar-refractivity contribution is 0.192. The molecule has 27 heavy (non-hydrogen) atoms. The molecule has 0 saturated carbocycles. The molecule has 2 rings (SSSR count). The molecule has 0 atom stereocenters. The molecule has 0 radical (unpaired) electrons. The summed E-state index contributed by atoms with van der Waals surface area (Å²) in [5.41, 5.74) is 0. The molecule has 1 saturated heterocycles. The van der Waals surface area contributed by atoms with Crippen molar-refractivity contribution in [3.8, 4) is 0 Å². The van der Waals surface area contributed by atoms with Crippen LogP contribution < -0.4 is 10.6 Å². The summed E-state index contributed by atoms with van der Waals surface area (Å²) >= 11 is 0. The standard InChI is InChI=1S/C19H36N6O.HI/c1-5-20-19(21-10-6-12-25-13-8-16(4)9-14-25)22-11-7-17-23-18(15(2)3)24-26-17;/h15-16H,5-14H2,1-4H3,(H2,20,21,22);1H. The van der Waals surface area contributed by atoms with E-state index >= 15 is 0 Å². The number of aliphatic imine (C=N–C) groups is 1. The average molecular weight is 492 g/mol. The molecule has 156 valence electrons. The Bertz CT molecular complexity index is 540. The first-order valence-electron chi connectivity index (χ1n) is 10.2. The Hall–Kier alpha value is -0.900. The summed E-state index contributed by atoms with van der Waals surface area (Å²) in [6.07, 6.45) is 4.48. The number of likely N-dealkylation sites (tertiary alicyclic amines) is 1. The highest BCUT2D eigenvalue weighted by Crippen LogP contribution is 2.15. The zero-order chi connectivity index (χ0) is 18.8. The third-order valence-corrected chi connectivity index (χ3v) is 4.75. The minimum absolute atomic E-state index is 0. The van der Waals surface area contributed by atoms with Crippen molar-refractivity contribution < 1.29 is 4.52 Å². The van der Waals surface area contributed by atoms with E-state index in [9.17, 15) is 0 Å². The van der Waals surface area contributed by atoms with Gasteiger partial charge in [-0.3, -0.25) is 4.99 Å². The number of hydrogen-bond acceptors (Lipinski definition) is 5. The zero-order valence-electron chi connectivity index (χ0n) is 17.3. The van der Waals surface area contributed by atoms with Gasteiger partial charge in [-0.05, 0) is 51.7 Å². The van der Waals surface area contributed by atoms with Crippen molar-refractivity contribution in [2.45, 2.75) is 59.3 Å². The first-order valence-corrected chi connectivity index (χ1v) is 10.2. The lowest BCUT2D eigenvalue weighted by Crippen LogP contribution is -2.38. The van der Waals surface area contributed by atoms with Crippen molar-refractivity contribution in [2.75, 3.05) is 39.3 Å². The van der Waals surface area contributed by atoms with Crippen LogP contribution in [-0.4, -0.2) is 60.3 Å². The number of piperidine rings is 1. The molecular formula is C19H37IN6O. The Balaban J connectivity index is 0.00000364. The summed E-state index contributed by atoms with van der Waals surface area (Å²) < 4.78 is 5.27. The van der Waals surface area contributed by atoms with Crippen LogP contribution in [0.4, 0.5) is 0 Å². The molecule has 1 aromatic rings. The lowest BCUT2D eigenvalue weighted by atomic mass is 9.99. The van der Waals surface area contributed by atoms with Gasteiger partial charge in [0.15, 0.2) is 11.8 Å². The number of nitrogens with zero attached hydrogens (tertiary/aromatic N) is 4. The highest BCUT2D eigenvalue weighted by Gasteiger charge is 2.14. The quantitative estimate of drug-likeness (QED) is 0.239. The predicted octanol–water partition coefficient (Wildman–Crippen LogP) is 3.03. The highest BCUT2D eigenvalue weighted by molar-refractivity contribution is 14.0. The Labute approximate surface area is 181 Å². The van der Waals surface area contributed by atoms with Crippen LogP contribution >= 0.6 is 24.0 Å². The van der Waals surface area contributed by atoms with Gasteiger partial charge in [0.25, 0.3) is 0 Å². The Morgan fingerprint density at radius 1 is 1.30 bits per heavy atom. The van der Waals surface area contributed by atoms with Gasteiger partial charge in [-0.1, -0.05) is 25.9 Å². The van der Waals surface area contributed by atoms with Crippen molar-refractivity contribution >= 4 is 29.9 Å². The normalized spacial score (nSPS) is 16.4. The van der Waals surface area contributed by atoms with Crippen LogP contribution in [0.25, 0.3) is 0 Å². The Morgan fingerprint density at radius 2 is 2.04 bits per heavy atom. The summed E-state index contributed by atoms with van der Waals surface area (Å²) in [6.45, 7) is 14.6. The number of guanidine groups is 1. The summed E-state index contributed by atoms with van der Waals surface area (Å²) in [7, 11) is 0. The minimum Gasteiger partial charge on any atom is -0.357 e. The van der Waals surface area contributed by atoms with Gasteiger partial charge < -0.3 is 20.1 Å². The molecule has 1 aliphatic rings. The molecule has 0 unspecified atom stereocenters. The van der Waals surface area contributed by atoms with Gasteiger partial charge in [-0.25, -0.2) is 0 Å². The van der Waals surface area contributed by atoms with E-state index in [-0.39, 0.29) is 24.0 Å². The SMILES string of the molecule is CCNC(=NCCCN1CCC(C)CC1)NCCc1nc(C(C)C)no1.I. The second-order valence-corrected chi connectivity index (χ2v) is 7.52. The molecule has 0 bridgehead atoms. The second-order valence-electron chi connectivity index (χ2n) is 7.52. The first kappa shape index (κ1) is 24.1. The smallest absolute Gasteiger partial charge is 0.228 e. The fraction of sp³-hybridized carbons (Fsp3) is 0.842. The summed E-state index contributed by atoms with van der Waals surface area (Å²) in [5, 5.41) is 10.6. The van der Waals surface area contributed by atoms with Gasteiger partial charge in [0, 0.05) is 32.0 Å². The molecule has 0 spiro atoms. The number of rotatable bonds is 9. The van der Waals surface area contributed by atoms with Gasteiger partial charge >= 0.3 is 0 Å². The van der Waals surface area contributed by atoms with Crippen LogP contribution in [0.1, 0.15) is 64.6 Å². The molecule has 7 nitrogen and oxygen atoms in total. The van der Waals surface area contributed by atoms with E-state index in [2.05, 4.69) is 58.4 Å². The van der Waals surface area contributed by atoms with Crippen LogP contribution in [0.5, 0.6) is 0 Å². The van der Waals surface area contributed by atoms with E-state index < -0.39 is 0 Å². The largest absolute Gasteiger partial charge is 0.357 e. The van der Waals surface area contributed by atoms with Gasteiger partial charge in [0.05, 0.1) is 0 Å². The van der Waals surface area contributed by atoms with Gasteiger partial charge in [0.2, 0.25) is 5.89 Å². The van der Waals surface area contributed by atoms with Crippen LogP contribution in [0.3, 0.4) is 0 Å². The maximum atomic E-state index is 5.27. The molecule has 2 N–H and O–H groups in total. The fourth-order valence-electron chi connectivity index (χ4n) is 3.00. The lowest BCUT2D eigenvalue weighted by Gasteiger charge is -2.29. The molecule has 2 heterocycles. The Kier molecular flexibility index (Phi) is 11.9. The Morgan fingerprint density at radius 3 is 2.67 bits per heavy atom. The topological polar surface area (TPSA) is 78.6 Å². The summed E-state index contributed by atoms with van der Waals surface area (Å²) in [6, 6.07) is 0. The molecule has 0 aromatic carbocycles. The zero-order valence-corrected chi connectivity index (χ0v) is 19.7. The van der Waals surface area contributed by atoms with Crippen LogP contribution in [0, 0.1) is 5.92 Å². The second kappa shape index (κ2) is 13.3. The number of halogens is 1. The number of hydrogen-bond donors (Lipinski definition) is 2. The van der Waals surface area contributed by atoms with E-state index in [1.54, 1.807) is 0 Å². The van der Waals surface area contributed by atoms with Crippen molar-refractivity contribution in [1.29, 1.82) is 0 Å². The van der Waals surface area contributed by atoms with Crippen molar-refractivity contribution in [1.82, 2.24) is 25.7 Å². The van der Waals surface area contributed by atoms with Gasteiger partial charge in [-0.15, -0.1) is 24.0 Å². The molecule has 0 amide bonds. The highest BCUT2D eigenvalue weighted by atomic mass is 127. The number of aromatic nitrogens is 2. The van der Waals surface area contributed by atoms with Crippen LogP contribution in [0.2, 0.25) is 0 Å². The summed E-state index contributed by atoms with van der Waals surface area (Å²) in [4.78, 5) is 11.6. The third kappa shape index (κ3) is 9.23. The maximum absolute atomic E-state index is 5.27. The van der Waals surface area contributed by atoms with E-state index in [1.807, 2.05) is 0 Å². The molecule has 8 heteroatoms. The number of nitrogens with one attached hydrogen (secondary N) is 2. The van der Waals surface area contributed by atoms with Gasteiger partial charge in [-0.2, -0.15) is 4.98 Å². The first-order chi connectivity index (χ1) is 12.6. The predicted molar refractivity (Wildman–Crippen MR) is 121 cm³/mol. The minimum atomic E-state index is 0. The fourth-order valence-corrected chi connectivity index (χ4v) is 3.00. The van der Waals surface area contributed by atoms with Gasteiger partial charge in [0.1, 0.15) is 0 Å². The van der Waals surface area contributed by atoms with E-state index in [1.165, 1.54) is 25.9 Å². The molecular weight excluding hydrogens is 455 g/mol. The van der Waals surface area contributed by atoms with Crippen molar-refractivity contribution in [3.63, 3.8) is 0 Å². The molecule has 1 aliphatic heterocycles.